The van der Waals surface area contributed by atoms with Gasteiger partial charge in [0.2, 0.25) is 11.8 Å². The highest BCUT2D eigenvalue weighted by Crippen LogP contribution is 2.38. The van der Waals surface area contributed by atoms with Gasteiger partial charge in [-0.25, -0.2) is 0 Å². The summed E-state index contributed by atoms with van der Waals surface area (Å²) in [4.78, 5) is 41.6. The Morgan fingerprint density at radius 3 is 2.33 bits per heavy atom. The van der Waals surface area contributed by atoms with Gasteiger partial charge in [0.15, 0.2) is 0 Å². The molecular weight excluding hydrogens is 378 g/mol. The maximum Gasteiger partial charge on any atom is 0.254 e. The molecule has 3 amide bonds. The van der Waals surface area contributed by atoms with E-state index < -0.39 is 5.54 Å². The Balaban J connectivity index is 1.52. The number of likely N-dealkylation sites (tertiary alicyclic amines) is 1. The van der Waals surface area contributed by atoms with Gasteiger partial charge < -0.3 is 15.1 Å². The van der Waals surface area contributed by atoms with Gasteiger partial charge in [-0.05, 0) is 30.0 Å². The van der Waals surface area contributed by atoms with Crippen molar-refractivity contribution in [2.45, 2.75) is 44.8 Å². The predicted octanol–water partition coefficient (Wildman–Crippen LogP) is 2.73. The van der Waals surface area contributed by atoms with E-state index in [0.29, 0.717) is 39.0 Å². The number of benzene rings is 2. The molecule has 0 bridgehead atoms. The Labute approximate surface area is 176 Å². The summed E-state index contributed by atoms with van der Waals surface area (Å²) >= 11 is 0. The highest BCUT2D eigenvalue weighted by atomic mass is 16.2. The van der Waals surface area contributed by atoms with Crippen molar-refractivity contribution in [3.63, 3.8) is 0 Å². The van der Waals surface area contributed by atoms with Gasteiger partial charge in [0.1, 0.15) is 0 Å². The number of piperidine rings is 1. The average Bonchev–Trinajstić information content (AvgIpc) is 3.11. The Morgan fingerprint density at radius 2 is 1.67 bits per heavy atom. The molecule has 156 valence electrons. The van der Waals surface area contributed by atoms with Crippen LogP contribution in [0.1, 0.15) is 47.7 Å². The maximum absolute atomic E-state index is 13.2. The van der Waals surface area contributed by atoms with Crippen molar-refractivity contribution in [2.24, 2.45) is 0 Å². The Bertz CT molecular complexity index is 949. The Kier molecular flexibility index (Phi) is 5.57. The summed E-state index contributed by atoms with van der Waals surface area (Å²) in [5.41, 5.74) is 2.18. The number of fused-ring (bicyclic) bond motifs is 1. The van der Waals surface area contributed by atoms with Crippen molar-refractivity contribution < 1.29 is 14.4 Å². The van der Waals surface area contributed by atoms with E-state index in [1.807, 2.05) is 59.5 Å². The summed E-state index contributed by atoms with van der Waals surface area (Å²) in [6.45, 7) is 3.66. The Hall–Kier alpha value is -3.15. The quantitative estimate of drug-likeness (QED) is 0.832. The van der Waals surface area contributed by atoms with Crippen molar-refractivity contribution in [1.82, 2.24) is 15.1 Å². The molecule has 0 atom stereocenters. The molecule has 1 fully saturated rings. The molecule has 0 radical (unpaired) electrons. The molecule has 0 aromatic heterocycles. The van der Waals surface area contributed by atoms with Gasteiger partial charge in [0.25, 0.3) is 5.91 Å². The van der Waals surface area contributed by atoms with Gasteiger partial charge in [-0.3, -0.25) is 14.4 Å². The van der Waals surface area contributed by atoms with E-state index in [0.717, 1.165) is 16.7 Å². The molecule has 30 heavy (non-hydrogen) atoms. The van der Waals surface area contributed by atoms with Crippen molar-refractivity contribution in [1.29, 1.82) is 0 Å². The van der Waals surface area contributed by atoms with E-state index in [9.17, 15) is 14.4 Å². The molecule has 2 aliphatic rings. The third-order valence-electron chi connectivity index (χ3n) is 6.36. The third kappa shape index (κ3) is 3.95. The fourth-order valence-corrected chi connectivity index (χ4v) is 4.58. The van der Waals surface area contributed by atoms with Crippen LogP contribution >= 0.6 is 0 Å². The van der Waals surface area contributed by atoms with Crippen LogP contribution in [-0.2, 0) is 22.7 Å². The molecule has 1 N–H and O–H groups in total. The van der Waals surface area contributed by atoms with E-state index in [-0.39, 0.29) is 24.1 Å². The van der Waals surface area contributed by atoms with E-state index in [1.54, 1.807) is 11.8 Å². The van der Waals surface area contributed by atoms with E-state index in [1.165, 1.54) is 0 Å². The lowest BCUT2D eigenvalue weighted by atomic mass is 9.82. The van der Waals surface area contributed by atoms with E-state index >= 15 is 0 Å². The van der Waals surface area contributed by atoms with Crippen LogP contribution in [0.5, 0.6) is 0 Å². The zero-order chi connectivity index (χ0) is 21.1. The number of carbonyl (C=O) groups excluding carboxylic acids is 3. The standard InChI is InChI=1S/C24H27N3O3/c1-18(28)26-13-11-24(12-14-26,15-22(29)25-16-19-7-3-2-4-8-19)27-17-20-9-5-6-10-21(20)23(27)30/h2-10H,11-17H2,1H3,(H,25,29). The second-order valence-corrected chi connectivity index (χ2v) is 8.22. The van der Waals surface area contributed by atoms with E-state index in [4.69, 9.17) is 0 Å². The minimum atomic E-state index is -0.581. The van der Waals surface area contributed by atoms with Gasteiger partial charge in [-0.1, -0.05) is 48.5 Å². The molecule has 0 spiro atoms. The minimum absolute atomic E-state index is 0.0160. The Morgan fingerprint density at radius 1 is 1.00 bits per heavy atom. The van der Waals surface area contributed by atoms with Crippen LogP contribution in [0.4, 0.5) is 0 Å². The molecule has 4 rings (SSSR count). The second-order valence-electron chi connectivity index (χ2n) is 8.22. The number of carbonyl (C=O) groups is 3. The molecule has 6 nitrogen and oxygen atoms in total. The largest absolute Gasteiger partial charge is 0.352 e. The molecule has 0 saturated carbocycles. The molecule has 0 unspecified atom stereocenters. The number of amides is 3. The fraction of sp³-hybridized carbons (Fsp3) is 0.375. The first-order valence-electron chi connectivity index (χ1n) is 10.4. The molecule has 2 aromatic rings. The number of nitrogens with zero attached hydrogens (tertiary/aromatic N) is 2. The number of nitrogens with one attached hydrogen (secondary N) is 1. The molecule has 0 aliphatic carbocycles. The summed E-state index contributed by atoms with van der Waals surface area (Å²) in [6.07, 6.45) is 1.45. The highest BCUT2D eigenvalue weighted by molar-refractivity contribution is 5.99. The first-order valence-corrected chi connectivity index (χ1v) is 10.4. The average molecular weight is 405 g/mol. The zero-order valence-electron chi connectivity index (χ0n) is 17.3. The van der Waals surface area contributed by atoms with Crippen LogP contribution in [0, 0.1) is 0 Å². The summed E-state index contributed by atoms with van der Waals surface area (Å²) in [6, 6.07) is 17.4. The van der Waals surface area contributed by atoms with Crippen LogP contribution in [-0.4, -0.2) is 46.1 Å². The van der Waals surface area contributed by atoms with Crippen molar-refractivity contribution in [3.8, 4) is 0 Å². The maximum atomic E-state index is 13.2. The summed E-state index contributed by atoms with van der Waals surface area (Å²) in [5, 5.41) is 3.01. The number of rotatable bonds is 5. The van der Waals surface area contributed by atoms with Crippen LogP contribution < -0.4 is 5.32 Å². The topological polar surface area (TPSA) is 69.7 Å². The van der Waals surface area contributed by atoms with Gasteiger partial charge in [0, 0.05) is 38.7 Å². The normalized spacial score (nSPS) is 17.6. The van der Waals surface area contributed by atoms with Crippen LogP contribution in [0.25, 0.3) is 0 Å². The van der Waals surface area contributed by atoms with Crippen molar-refractivity contribution in [2.75, 3.05) is 13.1 Å². The number of hydrogen-bond donors (Lipinski definition) is 1. The fourth-order valence-electron chi connectivity index (χ4n) is 4.58. The van der Waals surface area contributed by atoms with Crippen molar-refractivity contribution in [3.05, 3.63) is 71.3 Å². The van der Waals surface area contributed by atoms with Gasteiger partial charge in [0.05, 0.1) is 12.0 Å². The van der Waals surface area contributed by atoms with Gasteiger partial charge in [-0.2, -0.15) is 0 Å². The summed E-state index contributed by atoms with van der Waals surface area (Å²) in [5.74, 6) is -0.0511. The van der Waals surface area contributed by atoms with Crippen LogP contribution in [0.15, 0.2) is 54.6 Å². The SMILES string of the molecule is CC(=O)N1CCC(CC(=O)NCc2ccccc2)(N2Cc3ccccc3C2=O)CC1. The molecular formula is C24H27N3O3. The first kappa shape index (κ1) is 20.1. The van der Waals surface area contributed by atoms with E-state index in [2.05, 4.69) is 5.32 Å². The van der Waals surface area contributed by atoms with Crippen LogP contribution in [0.2, 0.25) is 0 Å². The zero-order valence-corrected chi connectivity index (χ0v) is 17.3. The smallest absolute Gasteiger partial charge is 0.254 e. The molecule has 6 heteroatoms. The van der Waals surface area contributed by atoms with Gasteiger partial charge >= 0.3 is 0 Å². The highest BCUT2D eigenvalue weighted by Gasteiger charge is 2.47. The lowest BCUT2D eigenvalue weighted by Gasteiger charge is -2.47. The van der Waals surface area contributed by atoms with Crippen LogP contribution in [0.3, 0.4) is 0 Å². The summed E-state index contributed by atoms with van der Waals surface area (Å²) in [7, 11) is 0. The monoisotopic (exact) mass is 405 g/mol. The lowest BCUT2D eigenvalue weighted by molar-refractivity contribution is -0.132. The molecule has 2 heterocycles. The molecule has 1 saturated heterocycles. The number of hydrogen-bond acceptors (Lipinski definition) is 3. The van der Waals surface area contributed by atoms with Crippen molar-refractivity contribution >= 4 is 17.7 Å². The third-order valence-corrected chi connectivity index (χ3v) is 6.36. The predicted molar refractivity (Wildman–Crippen MR) is 113 cm³/mol. The molecule has 2 aliphatic heterocycles. The summed E-state index contributed by atoms with van der Waals surface area (Å²) < 4.78 is 0. The first-order chi connectivity index (χ1) is 14.5. The minimum Gasteiger partial charge on any atom is -0.352 e. The van der Waals surface area contributed by atoms with Gasteiger partial charge in [-0.15, -0.1) is 0 Å². The lowest BCUT2D eigenvalue weighted by Crippen LogP contribution is -2.57. The molecule has 2 aromatic carbocycles. The second kappa shape index (κ2) is 8.30.